The number of hydrogen-bond acceptors (Lipinski definition) is 4. The summed E-state index contributed by atoms with van der Waals surface area (Å²) in [5.74, 6) is 0.203. The highest BCUT2D eigenvalue weighted by molar-refractivity contribution is 7.14. The Morgan fingerprint density at radius 3 is 2.81 bits per heavy atom. The molecule has 0 aliphatic heterocycles. The molecule has 116 valence electrons. The molecule has 1 aliphatic carbocycles. The number of nitrogens with zero attached hydrogens (tertiary/aromatic N) is 2. The normalized spacial score (nSPS) is 15.1. The van der Waals surface area contributed by atoms with Gasteiger partial charge in [-0.15, -0.1) is 11.3 Å². The summed E-state index contributed by atoms with van der Waals surface area (Å²) in [6, 6.07) is 2.14. The van der Waals surface area contributed by atoms with Gasteiger partial charge < -0.3 is 15.8 Å². The van der Waals surface area contributed by atoms with Gasteiger partial charge in [-0.25, -0.2) is 0 Å². The Bertz CT molecular complexity index is 514. The maximum Gasteiger partial charge on any atom is 0.264 e. The van der Waals surface area contributed by atoms with Crippen molar-refractivity contribution in [3.63, 3.8) is 0 Å². The highest BCUT2D eigenvalue weighted by atomic mass is 32.1. The zero-order valence-corrected chi connectivity index (χ0v) is 13.4. The second-order valence-electron chi connectivity index (χ2n) is 5.70. The molecule has 0 atom stereocenters. The van der Waals surface area contributed by atoms with Crippen LogP contribution in [0, 0.1) is 0 Å². The molecule has 1 aromatic rings. The Balaban J connectivity index is 2.12. The van der Waals surface area contributed by atoms with Crippen LogP contribution in [0.15, 0.2) is 11.2 Å². The number of rotatable bonds is 5. The van der Waals surface area contributed by atoms with Crippen LogP contribution in [0.5, 0.6) is 0 Å². The van der Waals surface area contributed by atoms with Crippen molar-refractivity contribution < 1.29 is 10.0 Å². The molecule has 1 amide bonds. The third kappa shape index (κ3) is 3.75. The molecule has 2 rings (SSSR count). The van der Waals surface area contributed by atoms with E-state index >= 15 is 0 Å². The van der Waals surface area contributed by atoms with E-state index in [1.807, 2.05) is 13.8 Å². The summed E-state index contributed by atoms with van der Waals surface area (Å²) in [4.78, 5) is 16.7. The van der Waals surface area contributed by atoms with Crippen molar-refractivity contribution in [2.75, 3.05) is 6.54 Å². The molecule has 5 nitrogen and oxygen atoms in total. The number of carbonyl (C=O) groups is 1. The number of hydrogen-bond donors (Lipinski definition) is 2. The zero-order chi connectivity index (χ0) is 15.4. The summed E-state index contributed by atoms with van der Waals surface area (Å²) in [6.45, 7) is 4.43. The molecule has 0 bridgehead atoms. The van der Waals surface area contributed by atoms with Crippen LogP contribution in [0.4, 0.5) is 0 Å². The monoisotopic (exact) mass is 309 g/mol. The zero-order valence-electron chi connectivity index (χ0n) is 12.6. The minimum atomic E-state index is 0.0511. The Morgan fingerprint density at radius 1 is 1.48 bits per heavy atom. The number of carbonyl (C=O) groups excluding carboxylic acids is 1. The van der Waals surface area contributed by atoms with E-state index in [-0.39, 0.29) is 17.8 Å². The summed E-state index contributed by atoms with van der Waals surface area (Å²) in [7, 11) is 0. The Labute approximate surface area is 129 Å². The van der Waals surface area contributed by atoms with Gasteiger partial charge in [0, 0.05) is 23.9 Å². The first-order valence-corrected chi connectivity index (χ1v) is 8.23. The highest BCUT2D eigenvalue weighted by Gasteiger charge is 2.23. The Hall–Kier alpha value is -1.56. The van der Waals surface area contributed by atoms with Crippen molar-refractivity contribution in [2.24, 2.45) is 10.9 Å². The summed E-state index contributed by atoms with van der Waals surface area (Å²) in [5, 5.41) is 11.6. The lowest BCUT2D eigenvalue weighted by molar-refractivity contribution is 0.0716. The van der Waals surface area contributed by atoms with Gasteiger partial charge >= 0.3 is 0 Å². The van der Waals surface area contributed by atoms with Crippen molar-refractivity contribution >= 4 is 23.1 Å². The Morgan fingerprint density at radius 2 is 2.19 bits per heavy atom. The SMILES string of the molecule is CC(C)N(CCC(N)=NO)C(=O)c1cc2c(s1)CCCC2. The molecule has 1 aromatic heterocycles. The van der Waals surface area contributed by atoms with Crippen molar-refractivity contribution in [2.45, 2.75) is 52.0 Å². The van der Waals surface area contributed by atoms with E-state index in [1.165, 1.54) is 23.3 Å². The van der Waals surface area contributed by atoms with Gasteiger partial charge in [0.1, 0.15) is 5.84 Å². The van der Waals surface area contributed by atoms with Crippen molar-refractivity contribution in [3.8, 4) is 0 Å². The van der Waals surface area contributed by atoms with Crippen LogP contribution in [0.2, 0.25) is 0 Å². The molecule has 0 fully saturated rings. The van der Waals surface area contributed by atoms with Crippen molar-refractivity contribution in [3.05, 3.63) is 21.4 Å². The molecule has 6 heteroatoms. The fourth-order valence-electron chi connectivity index (χ4n) is 2.62. The summed E-state index contributed by atoms with van der Waals surface area (Å²) in [5.41, 5.74) is 6.85. The smallest absolute Gasteiger partial charge is 0.264 e. The van der Waals surface area contributed by atoms with Crippen LogP contribution >= 0.6 is 11.3 Å². The third-order valence-corrected chi connectivity index (χ3v) is 5.05. The van der Waals surface area contributed by atoms with Crippen LogP contribution in [0.3, 0.4) is 0 Å². The minimum Gasteiger partial charge on any atom is -0.409 e. The lowest BCUT2D eigenvalue weighted by Gasteiger charge is -2.26. The fourth-order valence-corrected chi connectivity index (χ4v) is 3.83. The standard InChI is InChI=1S/C15H23N3O2S/c1-10(2)18(8-7-14(16)17-20)15(19)13-9-11-5-3-4-6-12(11)21-13/h9-10,20H,3-8H2,1-2H3,(H2,16,17). The molecule has 0 unspecified atom stereocenters. The second-order valence-corrected chi connectivity index (χ2v) is 6.84. The molecular formula is C15H23N3O2S. The van der Waals surface area contributed by atoms with Crippen molar-refractivity contribution in [1.29, 1.82) is 0 Å². The van der Waals surface area contributed by atoms with Crippen LogP contribution in [0.1, 0.15) is 53.2 Å². The van der Waals surface area contributed by atoms with Crippen molar-refractivity contribution in [1.82, 2.24) is 4.90 Å². The molecule has 0 radical (unpaired) electrons. The first-order chi connectivity index (χ1) is 10.0. The topological polar surface area (TPSA) is 78.9 Å². The number of thiophene rings is 1. The van der Waals surface area contributed by atoms with Crippen LogP contribution in [-0.4, -0.2) is 34.4 Å². The summed E-state index contributed by atoms with van der Waals surface area (Å²) >= 11 is 1.63. The predicted molar refractivity (Wildman–Crippen MR) is 85.2 cm³/mol. The van der Waals surface area contributed by atoms with Gasteiger partial charge in [-0.2, -0.15) is 0 Å². The lowest BCUT2D eigenvalue weighted by atomic mass is 9.99. The first-order valence-electron chi connectivity index (χ1n) is 7.42. The molecule has 21 heavy (non-hydrogen) atoms. The highest BCUT2D eigenvalue weighted by Crippen LogP contribution is 2.30. The maximum absolute atomic E-state index is 12.7. The molecule has 1 heterocycles. The Kier molecular flexibility index (Phi) is 5.22. The molecule has 0 saturated carbocycles. The number of amidine groups is 1. The fraction of sp³-hybridized carbons (Fsp3) is 0.600. The van der Waals surface area contributed by atoms with E-state index < -0.39 is 0 Å². The molecule has 3 N–H and O–H groups in total. The average Bonchev–Trinajstić information content (AvgIpc) is 2.90. The summed E-state index contributed by atoms with van der Waals surface area (Å²) < 4.78 is 0. The minimum absolute atomic E-state index is 0.0511. The van der Waals surface area contributed by atoms with Gasteiger partial charge in [0.05, 0.1) is 4.88 Å². The molecule has 1 aliphatic rings. The lowest BCUT2D eigenvalue weighted by Crippen LogP contribution is -2.38. The van der Waals surface area contributed by atoms with E-state index in [9.17, 15) is 4.79 Å². The number of nitrogens with two attached hydrogens (primary N) is 1. The predicted octanol–water partition coefficient (Wildman–Crippen LogP) is 2.61. The number of oxime groups is 1. The van der Waals surface area contributed by atoms with Gasteiger partial charge in [0.25, 0.3) is 5.91 Å². The van der Waals surface area contributed by atoms with Gasteiger partial charge in [-0.1, -0.05) is 5.16 Å². The van der Waals surface area contributed by atoms with Gasteiger partial charge in [0.15, 0.2) is 0 Å². The molecular weight excluding hydrogens is 286 g/mol. The molecule has 0 aromatic carbocycles. The van der Waals surface area contributed by atoms with Crippen LogP contribution in [0.25, 0.3) is 0 Å². The second kappa shape index (κ2) is 6.93. The van der Waals surface area contributed by atoms with E-state index in [0.717, 1.165) is 17.7 Å². The number of amides is 1. The maximum atomic E-state index is 12.7. The van der Waals surface area contributed by atoms with Gasteiger partial charge in [-0.3, -0.25) is 4.79 Å². The molecule has 0 saturated heterocycles. The van der Waals surface area contributed by atoms with Crippen LogP contribution < -0.4 is 5.73 Å². The quantitative estimate of drug-likeness (QED) is 0.380. The van der Waals surface area contributed by atoms with E-state index in [1.54, 1.807) is 16.2 Å². The van der Waals surface area contributed by atoms with E-state index in [4.69, 9.17) is 10.9 Å². The van der Waals surface area contributed by atoms with Crippen LogP contribution in [-0.2, 0) is 12.8 Å². The first kappa shape index (κ1) is 15.8. The number of fused-ring (bicyclic) bond motifs is 1. The van der Waals surface area contributed by atoms with E-state index in [0.29, 0.717) is 13.0 Å². The van der Waals surface area contributed by atoms with Gasteiger partial charge in [-0.05, 0) is 51.2 Å². The van der Waals surface area contributed by atoms with Gasteiger partial charge in [0.2, 0.25) is 0 Å². The largest absolute Gasteiger partial charge is 0.409 e. The third-order valence-electron chi connectivity index (χ3n) is 3.83. The molecule has 0 spiro atoms. The number of aryl methyl sites for hydroxylation is 2. The summed E-state index contributed by atoms with van der Waals surface area (Å²) in [6.07, 6.45) is 5.00. The average molecular weight is 309 g/mol. The van der Waals surface area contributed by atoms with E-state index in [2.05, 4.69) is 11.2 Å².